The van der Waals surface area contributed by atoms with Gasteiger partial charge in [0.25, 0.3) is 0 Å². The van der Waals surface area contributed by atoms with Crippen LogP contribution < -0.4 is 5.73 Å². The molecular weight excluding hydrogens is 254 g/mol. The summed E-state index contributed by atoms with van der Waals surface area (Å²) < 4.78 is 0. The lowest BCUT2D eigenvalue weighted by Gasteiger charge is -2.47. The minimum atomic E-state index is -0.0731. The van der Waals surface area contributed by atoms with Gasteiger partial charge in [0.1, 0.15) is 0 Å². The van der Waals surface area contributed by atoms with Crippen molar-refractivity contribution in [3.63, 3.8) is 0 Å². The first-order valence-corrected chi connectivity index (χ1v) is 8.98. The molecule has 2 unspecified atom stereocenters. The molecule has 0 radical (unpaired) electrons. The summed E-state index contributed by atoms with van der Waals surface area (Å²) in [5.74, 6) is 1.57. The molecule has 0 bridgehead atoms. The largest absolute Gasteiger partial charge is 0.321 e. The average molecular weight is 285 g/mol. The van der Waals surface area contributed by atoms with E-state index in [2.05, 4.69) is 32.0 Å². The summed E-state index contributed by atoms with van der Waals surface area (Å²) in [5, 5.41) is 0. The highest BCUT2D eigenvalue weighted by Crippen LogP contribution is 2.48. The smallest absolute Gasteiger partial charge is 0.0443 e. The van der Waals surface area contributed by atoms with Crippen LogP contribution in [0.3, 0.4) is 0 Å². The Balaban J connectivity index is 1.96. The molecule has 0 amide bonds. The molecule has 2 saturated carbocycles. The molecule has 116 valence electrons. The molecule has 0 heterocycles. The Labute approximate surface area is 130 Å². The maximum Gasteiger partial charge on any atom is 0.0443 e. The van der Waals surface area contributed by atoms with Gasteiger partial charge in [0.2, 0.25) is 0 Å². The van der Waals surface area contributed by atoms with Gasteiger partial charge in [-0.2, -0.15) is 0 Å². The van der Waals surface area contributed by atoms with Crippen LogP contribution in [0, 0.1) is 25.7 Å². The second-order valence-electron chi connectivity index (χ2n) is 7.54. The van der Waals surface area contributed by atoms with Gasteiger partial charge >= 0.3 is 0 Å². The lowest BCUT2D eigenvalue weighted by molar-refractivity contribution is 0.0981. The normalized spacial score (nSPS) is 31.3. The molecule has 2 atom stereocenters. The van der Waals surface area contributed by atoms with Crippen LogP contribution in [-0.4, -0.2) is 0 Å². The standard InChI is InChI=1S/C20H31N/c1-15-9-8-13-18(16(15)2)20(21)14-7-6-12-19(20)17-10-4-3-5-11-17/h8-9,13,17,19H,3-7,10-12,14,21H2,1-2H3. The lowest BCUT2D eigenvalue weighted by Crippen LogP contribution is -2.50. The number of hydrogen-bond acceptors (Lipinski definition) is 1. The van der Waals surface area contributed by atoms with E-state index in [1.807, 2.05) is 0 Å². The maximum absolute atomic E-state index is 7.13. The van der Waals surface area contributed by atoms with Crippen molar-refractivity contribution in [3.05, 3.63) is 34.9 Å². The van der Waals surface area contributed by atoms with E-state index in [1.54, 1.807) is 0 Å². The highest BCUT2D eigenvalue weighted by molar-refractivity contribution is 5.39. The molecule has 1 aromatic carbocycles. The van der Waals surface area contributed by atoms with E-state index in [0.717, 1.165) is 5.92 Å². The molecular formula is C20H31N. The summed E-state index contributed by atoms with van der Waals surface area (Å²) in [7, 11) is 0. The molecule has 3 rings (SSSR count). The fourth-order valence-electron chi connectivity index (χ4n) is 5.01. The highest BCUT2D eigenvalue weighted by Gasteiger charge is 2.43. The molecule has 0 aliphatic heterocycles. The van der Waals surface area contributed by atoms with Gasteiger partial charge in [0.15, 0.2) is 0 Å². The quantitative estimate of drug-likeness (QED) is 0.791. The van der Waals surface area contributed by atoms with Crippen molar-refractivity contribution in [1.29, 1.82) is 0 Å². The van der Waals surface area contributed by atoms with Gasteiger partial charge in [0.05, 0.1) is 0 Å². The van der Waals surface area contributed by atoms with E-state index in [4.69, 9.17) is 5.73 Å². The molecule has 2 N–H and O–H groups in total. The minimum absolute atomic E-state index is 0.0731. The third-order valence-corrected chi connectivity index (χ3v) is 6.34. The Morgan fingerprint density at radius 1 is 0.952 bits per heavy atom. The van der Waals surface area contributed by atoms with Crippen molar-refractivity contribution in [3.8, 4) is 0 Å². The Hall–Kier alpha value is -0.820. The van der Waals surface area contributed by atoms with Gasteiger partial charge in [-0.25, -0.2) is 0 Å². The summed E-state index contributed by atoms with van der Waals surface area (Å²) >= 11 is 0. The average Bonchev–Trinajstić information content (AvgIpc) is 2.51. The highest BCUT2D eigenvalue weighted by atomic mass is 14.8. The van der Waals surface area contributed by atoms with Gasteiger partial charge < -0.3 is 5.73 Å². The summed E-state index contributed by atoms with van der Waals surface area (Å²) in [5.41, 5.74) is 11.3. The van der Waals surface area contributed by atoms with Crippen molar-refractivity contribution in [2.24, 2.45) is 17.6 Å². The first-order chi connectivity index (χ1) is 10.1. The summed E-state index contributed by atoms with van der Waals surface area (Å²) in [4.78, 5) is 0. The van der Waals surface area contributed by atoms with Crippen LogP contribution in [0.5, 0.6) is 0 Å². The van der Waals surface area contributed by atoms with Crippen LogP contribution in [0.25, 0.3) is 0 Å². The molecule has 0 aromatic heterocycles. The molecule has 2 aliphatic rings. The Morgan fingerprint density at radius 2 is 1.67 bits per heavy atom. The van der Waals surface area contributed by atoms with Gasteiger partial charge in [-0.05, 0) is 55.2 Å². The zero-order valence-corrected chi connectivity index (χ0v) is 13.8. The maximum atomic E-state index is 7.13. The van der Waals surface area contributed by atoms with Crippen molar-refractivity contribution in [2.45, 2.75) is 77.2 Å². The van der Waals surface area contributed by atoms with Gasteiger partial charge in [-0.15, -0.1) is 0 Å². The Morgan fingerprint density at radius 3 is 2.43 bits per heavy atom. The van der Waals surface area contributed by atoms with Gasteiger partial charge in [-0.1, -0.05) is 63.1 Å². The molecule has 2 fully saturated rings. The fraction of sp³-hybridized carbons (Fsp3) is 0.700. The summed E-state index contributed by atoms with van der Waals surface area (Å²) in [6.45, 7) is 4.49. The SMILES string of the molecule is Cc1cccc(C2(N)CCCCC2C2CCCCC2)c1C. The minimum Gasteiger partial charge on any atom is -0.321 e. The number of benzene rings is 1. The molecule has 21 heavy (non-hydrogen) atoms. The lowest BCUT2D eigenvalue weighted by atomic mass is 9.61. The molecule has 2 aliphatic carbocycles. The van der Waals surface area contributed by atoms with E-state index in [0.29, 0.717) is 5.92 Å². The van der Waals surface area contributed by atoms with E-state index in [1.165, 1.54) is 74.5 Å². The third kappa shape index (κ3) is 2.77. The van der Waals surface area contributed by atoms with Crippen molar-refractivity contribution in [1.82, 2.24) is 0 Å². The number of aryl methyl sites for hydroxylation is 1. The van der Waals surface area contributed by atoms with Gasteiger partial charge in [0, 0.05) is 5.54 Å². The molecule has 1 heteroatoms. The van der Waals surface area contributed by atoms with Crippen LogP contribution in [0.15, 0.2) is 18.2 Å². The molecule has 1 aromatic rings. The van der Waals surface area contributed by atoms with E-state index in [9.17, 15) is 0 Å². The number of rotatable bonds is 2. The second kappa shape index (κ2) is 6.12. The van der Waals surface area contributed by atoms with E-state index >= 15 is 0 Å². The Bertz CT molecular complexity index is 487. The zero-order chi connectivity index (χ0) is 14.9. The van der Waals surface area contributed by atoms with Crippen LogP contribution in [-0.2, 0) is 5.54 Å². The third-order valence-electron chi connectivity index (χ3n) is 6.34. The van der Waals surface area contributed by atoms with Crippen LogP contribution in [0.1, 0.15) is 74.5 Å². The topological polar surface area (TPSA) is 26.0 Å². The van der Waals surface area contributed by atoms with Crippen molar-refractivity contribution < 1.29 is 0 Å². The predicted molar refractivity (Wildman–Crippen MR) is 90.3 cm³/mol. The van der Waals surface area contributed by atoms with Crippen molar-refractivity contribution >= 4 is 0 Å². The fourth-order valence-corrected chi connectivity index (χ4v) is 5.01. The summed E-state index contributed by atoms with van der Waals surface area (Å²) in [6.07, 6.45) is 12.3. The molecule has 1 nitrogen and oxygen atoms in total. The second-order valence-corrected chi connectivity index (χ2v) is 7.54. The summed E-state index contributed by atoms with van der Waals surface area (Å²) in [6, 6.07) is 6.74. The van der Waals surface area contributed by atoms with E-state index in [-0.39, 0.29) is 5.54 Å². The first kappa shape index (κ1) is 15.1. The number of hydrogen-bond donors (Lipinski definition) is 1. The van der Waals surface area contributed by atoms with E-state index < -0.39 is 0 Å². The zero-order valence-electron chi connectivity index (χ0n) is 13.8. The van der Waals surface area contributed by atoms with Crippen LogP contribution >= 0.6 is 0 Å². The van der Waals surface area contributed by atoms with Crippen molar-refractivity contribution in [2.75, 3.05) is 0 Å². The van der Waals surface area contributed by atoms with Crippen LogP contribution in [0.2, 0.25) is 0 Å². The number of nitrogens with two attached hydrogens (primary N) is 1. The van der Waals surface area contributed by atoms with Crippen LogP contribution in [0.4, 0.5) is 0 Å². The van der Waals surface area contributed by atoms with Gasteiger partial charge in [-0.3, -0.25) is 0 Å². The predicted octanol–water partition coefficient (Wildman–Crippen LogP) is 5.23. The monoisotopic (exact) mass is 285 g/mol. The Kier molecular flexibility index (Phi) is 4.40. The first-order valence-electron chi connectivity index (χ1n) is 8.98. The molecule has 0 saturated heterocycles. The molecule has 0 spiro atoms.